The van der Waals surface area contributed by atoms with Crippen molar-refractivity contribution in [2.24, 2.45) is 11.8 Å². The SMILES string of the molecule is CC(C)c1noc(CCNC(=O)[C@H]2CNC[C@@H](C(=O)N3CCOCC3)C2)n1. The first-order valence-corrected chi connectivity index (χ1v) is 9.72. The summed E-state index contributed by atoms with van der Waals surface area (Å²) in [6.45, 7) is 8.10. The molecule has 1 aromatic heterocycles. The molecule has 9 heteroatoms. The van der Waals surface area contributed by atoms with Gasteiger partial charge in [-0.3, -0.25) is 9.59 Å². The highest BCUT2D eigenvalue weighted by Crippen LogP contribution is 2.20. The van der Waals surface area contributed by atoms with Gasteiger partial charge in [-0.25, -0.2) is 0 Å². The largest absolute Gasteiger partial charge is 0.378 e. The smallest absolute Gasteiger partial charge is 0.228 e. The number of aromatic nitrogens is 2. The number of nitrogens with one attached hydrogen (secondary N) is 2. The van der Waals surface area contributed by atoms with Gasteiger partial charge in [0.2, 0.25) is 17.7 Å². The lowest BCUT2D eigenvalue weighted by atomic mass is 9.88. The molecule has 0 aliphatic carbocycles. The van der Waals surface area contributed by atoms with E-state index in [1.54, 1.807) is 0 Å². The lowest BCUT2D eigenvalue weighted by Gasteiger charge is -2.34. The van der Waals surface area contributed by atoms with Gasteiger partial charge >= 0.3 is 0 Å². The molecule has 2 N–H and O–H groups in total. The molecular formula is C18H29N5O4. The van der Waals surface area contributed by atoms with Crippen molar-refractivity contribution in [2.45, 2.75) is 32.6 Å². The van der Waals surface area contributed by atoms with Gasteiger partial charge in [-0.05, 0) is 6.42 Å². The molecule has 1 aromatic rings. The number of hydrogen-bond donors (Lipinski definition) is 2. The van der Waals surface area contributed by atoms with Crippen LogP contribution in [-0.4, -0.2) is 72.8 Å². The Labute approximate surface area is 159 Å². The summed E-state index contributed by atoms with van der Waals surface area (Å²) in [5, 5.41) is 10.1. The van der Waals surface area contributed by atoms with E-state index in [-0.39, 0.29) is 29.6 Å². The summed E-state index contributed by atoms with van der Waals surface area (Å²) in [4.78, 5) is 31.3. The van der Waals surface area contributed by atoms with E-state index in [1.165, 1.54) is 0 Å². The van der Waals surface area contributed by atoms with Crippen LogP contribution in [0.5, 0.6) is 0 Å². The minimum Gasteiger partial charge on any atom is -0.378 e. The fraction of sp³-hybridized carbons (Fsp3) is 0.778. The first-order chi connectivity index (χ1) is 13.0. The Balaban J connectivity index is 1.44. The summed E-state index contributed by atoms with van der Waals surface area (Å²) in [6, 6.07) is 0. The Morgan fingerprint density at radius 3 is 2.70 bits per heavy atom. The molecule has 0 aromatic carbocycles. The summed E-state index contributed by atoms with van der Waals surface area (Å²) in [6.07, 6.45) is 1.08. The molecule has 2 amide bonds. The molecule has 2 atom stereocenters. The molecule has 0 bridgehead atoms. The van der Waals surface area contributed by atoms with Crippen LogP contribution in [0.25, 0.3) is 0 Å². The van der Waals surface area contributed by atoms with E-state index >= 15 is 0 Å². The number of carbonyl (C=O) groups excluding carboxylic acids is 2. The first-order valence-electron chi connectivity index (χ1n) is 9.72. The average molecular weight is 379 g/mol. The third-order valence-electron chi connectivity index (χ3n) is 5.03. The van der Waals surface area contributed by atoms with Gasteiger partial charge in [0.25, 0.3) is 0 Å². The van der Waals surface area contributed by atoms with Crippen LogP contribution in [-0.2, 0) is 20.7 Å². The molecule has 9 nitrogen and oxygen atoms in total. The molecular weight excluding hydrogens is 350 g/mol. The number of nitrogens with zero attached hydrogens (tertiary/aromatic N) is 3. The van der Waals surface area contributed by atoms with Crippen LogP contribution in [0.4, 0.5) is 0 Å². The van der Waals surface area contributed by atoms with Crippen molar-refractivity contribution in [1.29, 1.82) is 0 Å². The first kappa shape index (κ1) is 19.8. The lowest BCUT2D eigenvalue weighted by Crippen LogP contribution is -2.51. The van der Waals surface area contributed by atoms with Gasteiger partial charge in [-0.1, -0.05) is 19.0 Å². The Morgan fingerprint density at radius 2 is 2.00 bits per heavy atom. The number of piperidine rings is 1. The van der Waals surface area contributed by atoms with E-state index in [2.05, 4.69) is 20.8 Å². The van der Waals surface area contributed by atoms with Crippen LogP contribution in [0, 0.1) is 11.8 Å². The monoisotopic (exact) mass is 379 g/mol. The molecule has 150 valence electrons. The maximum Gasteiger partial charge on any atom is 0.228 e. The van der Waals surface area contributed by atoms with Crippen molar-refractivity contribution < 1.29 is 18.8 Å². The predicted octanol–water partition coefficient (Wildman–Crippen LogP) is -0.0638. The second kappa shape index (κ2) is 9.27. The lowest BCUT2D eigenvalue weighted by molar-refractivity contribution is -0.141. The summed E-state index contributed by atoms with van der Waals surface area (Å²) in [5.74, 6) is 1.14. The average Bonchev–Trinajstić information content (AvgIpc) is 3.17. The highest BCUT2D eigenvalue weighted by Gasteiger charge is 2.33. The topological polar surface area (TPSA) is 110 Å². The minimum absolute atomic E-state index is 0.0365. The molecule has 0 radical (unpaired) electrons. The Hall–Kier alpha value is -2.00. The van der Waals surface area contributed by atoms with Gasteiger partial charge in [0, 0.05) is 45.1 Å². The van der Waals surface area contributed by atoms with Crippen LogP contribution < -0.4 is 10.6 Å². The van der Waals surface area contributed by atoms with Crippen molar-refractivity contribution in [2.75, 3.05) is 45.9 Å². The normalized spacial score (nSPS) is 23.4. The van der Waals surface area contributed by atoms with Crippen molar-refractivity contribution in [1.82, 2.24) is 25.7 Å². The number of ether oxygens (including phenoxy) is 1. The molecule has 0 unspecified atom stereocenters. The van der Waals surface area contributed by atoms with Gasteiger partial charge in [0.1, 0.15) is 0 Å². The van der Waals surface area contributed by atoms with Crippen molar-refractivity contribution in [3.8, 4) is 0 Å². The second-order valence-corrected chi connectivity index (χ2v) is 7.47. The van der Waals surface area contributed by atoms with E-state index in [9.17, 15) is 9.59 Å². The van der Waals surface area contributed by atoms with E-state index in [0.29, 0.717) is 70.5 Å². The zero-order valence-corrected chi connectivity index (χ0v) is 16.1. The summed E-state index contributed by atoms with van der Waals surface area (Å²) >= 11 is 0. The Morgan fingerprint density at radius 1 is 1.26 bits per heavy atom. The van der Waals surface area contributed by atoms with E-state index < -0.39 is 0 Å². The number of rotatable bonds is 6. The molecule has 2 aliphatic rings. The number of amides is 2. The second-order valence-electron chi connectivity index (χ2n) is 7.47. The quantitative estimate of drug-likeness (QED) is 0.712. The van der Waals surface area contributed by atoms with E-state index in [1.807, 2.05) is 18.7 Å². The van der Waals surface area contributed by atoms with Crippen LogP contribution in [0.15, 0.2) is 4.52 Å². The van der Waals surface area contributed by atoms with Crippen LogP contribution in [0.1, 0.15) is 37.9 Å². The highest BCUT2D eigenvalue weighted by molar-refractivity contribution is 5.83. The van der Waals surface area contributed by atoms with E-state index in [4.69, 9.17) is 9.26 Å². The van der Waals surface area contributed by atoms with Crippen molar-refractivity contribution in [3.63, 3.8) is 0 Å². The molecule has 2 aliphatic heterocycles. The molecule has 0 saturated carbocycles. The van der Waals surface area contributed by atoms with E-state index in [0.717, 1.165) is 0 Å². The summed E-state index contributed by atoms with van der Waals surface area (Å²) < 4.78 is 10.5. The Bertz CT molecular complexity index is 641. The molecule has 3 heterocycles. The third kappa shape index (κ3) is 5.26. The molecule has 2 fully saturated rings. The number of morpholine rings is 1. The molecule has 0 spiro atoms. The third-order valence-corrected chi connectivity index (χ3v) is 5.03. The van der Waals surface area contributed by atoms with Crippen LogP contribution >= 0.6 is 0 Å². The fourth-order valence-electron chi connectivity index (χ4n) is 3.41. The maximum absolute atomic E-state index is 12.6. The highest BCUT2D eigenvalue weighted by atomic mass is 16.5. The van der Waals surface area contributed by atoms with Crippen LogP contribution in [0.3, 0.4) is 0 Å². The Kier molecular flexibility index (Phi) is 6.78. The van der Waals surface area contributed by atoms with Gasteiger partial charge < -0.3 is 24.8 Å². The number of hydrogen-bond acceptors (Lipinski definition) is 7. The molecule has 3 rings (SSSR count). The standard InChI is InChI=1S/C18H29N5O4/c1-12(2)16-21-15(27-22-16)3-4-20-17(24)13-9-14(11-19-10-13)18(25)23-5-7-26-8-6-23/h12-14,19H,3-11H2,1-2H3,(H,20,24)/t13-,14+/m1/s1. The zero-order valence-electron chi connectivity index (χ0n) is 16.1. The summed E-state index contributed by atoms with van der Waals surface area (Å²) in [5.41, 5.74) is 0. The maximum atomic E-state index is 12.6. The fourth-order valence-corrected chi connectivity index (χ4v) is 3.41. The van der Waals surface area contributed by atoms with Gasteiger partial charge in [-0.15, -0.1) is 0 Å². The van der Waals surface area contributed by atoms with Gasteiger partial charge in [0.05, 0.1) is 25.0 Å². The molecule has 27 heavy (non-hydrogen) atoms. The molecule has 2 saturated heterocycles. The number of carbonyl (C=O) groups is 2. The van der Waals surface area contributed by atoms with Crippen LogP contribution in [0.2, 0.25) is 0 Å². The van der Waals surface area contributed by atoms with Crippen molar-refractivity contribution >= 4 is 11.8 Å². The van der Waals surface area contributed by atoms with Gasteiger partial charge in [0.15, 0.2) is 5.82 Å². The van der Waals surface area contributed by atoms with Gasteiger partial charge in [-0.2, -0.15) is 4.98 Å². The zero-order chi connectivity index (χ0) is 19.2. The summed E-state index contributed by atoms with van der Waals surface area (Å²) in [7, 11) is 0. The predicted molar refractivity (Wildman–Crippen MR) is 97.0 cm³/mol. The minimum atomic E-state index is -0.206. The van der Waals surface area contributed by atoms with Crippen molar-refractivity contribution in [3.05, 3.63) is 11.7 Å².